The molecule has 0 fully saturated rings. The second kappa shape index (κ2) is 5.00. The highest BCUT2D eigenvalue weighted by Gasteiger charge is 2.26. The maximum atomic E-state index is 9.58. The monoisotopic (exact) mass is 219 g/mol. The van der Waals surface area contributed by atoms with Gasteiger partial charge in [0.25, 0.3) is 0 Å². The Morgan fingerprint density at radius 3 is 3.06 bits per heavy atom. The SMILES string of the molecule is CC(C)NCCc1ccc2c(c1)B(O)OC2. The molecule has 0 unspecified atom stereocenters. The number of benzene rings is 1. The highest BCUT2D eigenvalue weighted by molar-refractivity contribution is 6.61. The van der Waals surface area contributed by atoms with E-state index in [2.05, 4.69) is 37.4 Å². The number of hydrogen-bond donors (Lipinski definition) is 2. The van der Waals surface area contributed by atoms with Gasteiger partial charge in [0.05, 0.1) is 6.61 Å². The molecule has 2 N–H and O–H groups in total. The van der Waals surface area contributed by atoms with Crippen LogP contribution >= 0.6 is 0 Å². The van der Waals surface area contributed by atoms with Crippen LogP contribution in [0.25, 0.3) is 0 Å². The molecule has 0 amide bonds. The van der Waals surface area contributed by atoms with Gasteiger partial charge in [-0.15, -0.1) is 0 Å². The van der Waals surface area contributed by atoms with Crippen LogP contribution in [0.2, 0.25) is 0 Å². The van der Waals surface area contributed by atoms with Gasteiger partial charge in [-0.05, 0) is 29.6 Å². The van der Waals surface area contributed by atoms with Crippen LogP contribution in [0.3, 0.4) is 0 Å². The average Bonchev–Trinajstić information content (AvgIpc) is 2.60. The van der Waals surface area contributed by atoms with E-state index < -0.39 is 7.12 Å². The first-order chi connectivity index (χ1) is 7.66. The minimum atomic E-state index is -0.729. The lowest BCUT2D eigenvalue weighted by Crippen LogP contribution is -2.29. The third kappa shape index (κ3) is 2.64. The topological polar surface area (TPSA) is 41.5 Å². The fraction of sp³-hybridized carbons (Fsp3) is 0.500. The van der Waals surface area contributed by atoms with E-state index in [1.54, 1.807) is 0 Å². The largest absolute Gasteiger partial charge is 0.491 e. The van der Waals surface area contributed by atoms with Crippen LogP contribution in [-0.4, -0.2) is 24.7 Å². The molecule has 1 aromatic carbocycles. The quantitative estimate of drug-likeness (QED) is 0.722. The Balaban J connectivity index is 1.98. The van der Waals surface area contributed by atoms with Gasteiger partial charge in [0, 0.05) is 6.04 Å². The molecule has 1 heterocycles. The molecule has 0 bridgehead atoms. The molecule has 0 aliphatic carbocycles. The fourth-order valence-electron chi connectivity index (χ4n) is 1.92. The van der Waals surface area contributed by atoms with Crippen LogP contribution in [0.1, 0.15) is 25.0 Å². The van der Waals surface area contributed by atoms with E-state index in [0.717, 1.165) is 24.0 Å². The van der Waals surface area contributed by atoms with Crippen molar-refractivity contribution in [1.82, 2.24) is 5.32 Å². The van der Waals surface area contributed by atoms with E-state index in [1.165, 1.54) is 5.56 Å². The van der Waals surface area contributed by atoms with Gasteiger partial charge in [0.2, 0.25) is 0 Å². The number of fused-ring (bicyclic) bond motifs is 1. The minimum Gasteiger partial charge on any atom is -0.423 e. The van der Waals surface area contributed by atoms with Crippen LogP contribution in [0.4, 0.5) is 0 Å². The van der Waals surface area contributed by atoms with E-state index in [0.29, 0.717) is 12.6 Å². The molecule has 1 aromatic rings. The third-order valence-corrected chi connectivity index (χ3v) is 2.84. The number of nitrogens with one attached hydrogen (secondary N) is 1. The Hall–Kier alpha value is -0.835. The zero-order valence-corrected chi connectivity index (χ0v) is 9.86. The highest BCUT2D eigenvalue weighted by atomic mass is 16.5. The molecule has 0 aromatic heterocycles. The molecule has 1 aliphatic heterocycles. The summed E-state index contributed by atoms with van der Waals surface area (Å²) >= 11 is 0. The Morgan fingerprint density at radius 1 is 1.50 bits per heavy atom. The van der Waals surface area contributed by atoms with Crippen LogP contribution < -0.4 is 10.8 Å². The Bertz CT molecular complexity index is 368. The van der Waals surface area contributed by atoms with Crippen LogP contribution in [0.5, 0.6) is 0 Å². The van der Waals surface area contributed by atoms with Gasteiger partial charge in [0.1, 0.15) is 0 Å². The van der Waals surface area contributed by atoms with Gasteiger partial charge in [-0.2, -0.15) is 0 Å². The molecule has 16 heavy (non-hydrogen) atoms. The summed E-state index contributed by atoms with van der Waals surface area (Å²) in [6.07, 6.45) is 0.984. The lowest BCUT2D eigenvalue weighted by Gasteiger charge is -2.08. The molecular formula is C12H18BNO2. The molecule has 3 nitrogen and oxygen atoms in total. The lowest BCUT2D eigenvalue weighted by molar-refractivity contribution is 0.275. The molecule has 0 saturated carbocycles. The van der Waals surface area contributed by atoms with Gasteiger partial charge >= 0.3 is 7.12 Å². The molecular weight excluding hydrogens is 201 g/mol. The maximum Gasteiger partial charge on any atom is 0.491 e. The second-order valence-electron chi connectivity index (χ2n) is 4.56. The molecule has 4 heteroatoms. The average molecular weight is 219 g/mol. The summed E-state index contributed by atoms with van der Waals surface area (Å²) < 4.78 is 5.16. The van der Waals surface area contributed by atoms with E-state index in [9.17, 15) is 5.02 Å². The summed E-state index contributed by atoms with van der Waals surface area (Å²) in [7, 11) is -0.729. The Morgan fingerprint density at radius 2 is 2.31 bits per heavy atom. The van der Waals surface area contributed by atoms with Crippen molar-refractivity contribution in [1.29, 1.82) is 0 Å². The Kier molecular flexibility index (Phi) is 3.64. The second-order valence-corrected chi connectivity index (χ2v) is 4.56. The normalized spacial score (nSPS) is 14.6. The third-order valence-electron chi connectivity index (χ3n) is 2.84. The van der Waals surface area contributed by atoms with E-state index >= 15 is 0 Å². The van der Waals surface area contributed by atoms with E-state index in [1.807, 2.05) is 0 Å². The first-order valence-corrected chi connectivity index (χ1v) is 5.81. The Labute approximate surface area is 97.0 Å². The summed E-state index contributed by atoms with van der Waals surface area (Å²) in [6, 6.07) is 6.73. The molecule has 86 valence electrons. The highest BCUT2D eigenvalue weighted by Crippen LogP contribution is 2.11. The van der Waals surface area contributed by atoms with Crippen molar-refractivity contribution >= 4 is 12.6 Å². The molecule has 1 aliphatic rings. The standard InChI is InChI=1S/C12H18BNO2/c1-9(2)14-6-5-10-3-4-11-8-16-13(15)12(11)7-10/h3-4,7,9,14-15H,5-6,8H2,1-2H3. The van der Waals surface area contributed by atoms with Crippen molar-refractivity contribution in [3.05, 3.63) is 29.3 Å². The van der Waals surface area contributed by atoms with Crippen molar-refractivity contribution in [3.8, 4) is 0 Å². The molecule has 0 radical (unpaired) electrons. The van der Waals surface area contributed by atoms with Gasteiger partial charge in [-0.3, -0.25) is 0 Å². The number of hydrogen-bond acceptors (Lipinski definition) is 3. The maximum absolute atomic E-state index is 9.58. The van der Waals surface area contributed by atoms with Gasteiger partial charge < -0.3 is 15.0 Å². The molecule has 0 atom stereocenters. The first kappa shape index (κ1) is 11.6. The van der Waals surface area contributed by atoms with Gasteiger partial charge in [-0.1, -0.05) is 32.0 Å². The summed E-state index contributed by atoms with van der Waals surface area (Å²) in [5.74, 6) is 0. The summed E-state index contributed by atoms with van der Waals surface area (Å²) in [5, 5.41) is 13.0. The predicted molar refractivity (Wildman–Crippen MR) is 65.7 cm³/mol. The first-order valence-electron chi connectivity index (χ1n) is 5.81. The zero-order valence-electron chi connectivity index (χ0n) is 9.86. The van der Waals surface area contributed by atoms with Crippen LogP contribution in [0, 0.1) is 0 Å². The minimum absolute atomic E-state index is 0.517. The lowest BCUT2D eigenvalue weighted by atomic mass is 9.78. The van der Waals surface area contributed by atoms with Crippen molar-refractivity contribution in [2.45, 2.75) is 32.9 Å². The predicted octanol–water partition coefficient (Wildman–Crippen LogP) is 0.445. The molecule has 0 saturated heterocycles. The van der Waals surface area contributed by atoms with Crippen molar-refractivity contribution in [2.75, 3.05) is 6.54 Å². The summed E-state index contributed by atoms with van der Waals surface area (Å²) in [6.45, 7) is 5.77. The van der Waals surface area contributed by atoms with Crippen LogP contribution in [-0.2, 0) is 17.7 Å². The van der Waals surface area contributed by atoms with Gasteiger partial charge in [0.15, 0.2) is 0 Å². The van der Waals surface area contributed by atoms with E-state index in [4.69, 9.17) is 4.65 Å². The van der Waals surface area contributed by atoms with Crippen molar-refractivity contribution < 1.29 is 9.68 Å². The summed E-state index contributed by atoms with van der Waals surface area (Å²) in [4.78, 5) is 0. The molecule has 2 rings (SSSR count). The smallest absolute Gasteiger partial charge is 0.423 e. The van der Waals surface area contributed by atoms with Crippen LogP contribution in [0.15, 0.2) is 18.2 Å². The number of rotatable bonds is 4. The van der Waals surface area contributed by atoms with E-state index in [-0.39, 0.29) is 0 Å². The fourth-order valence-corrected chi connectivity index (χ4v) is 1.92. The zero-order chi connectivity index (χ0) is 11.5. The van der Waals surface area contributed by atoms with Crippen molar-refractivity contribution in [3.63, 3.8) is 0 Å². The van der Waals surface area contributed by atoms with Gasteiger partial charge in [-0.25, -0.2) is 0 Å². The molecule has 0 spiro atoms. The van der Waals surface area contributed by atoms with Crippen molar-refractivity contribution in [2.24, 2.45) is 0 Å². The summed E-state index contributed by atoms with van der Waals surface area (Å²) in [5.41, 5.74) is 3.28.